The molecular formula is C16H13N5. The van der Waals surface area contributed by atoms with Gasteiger partial charge in [-0.15, -0.1) is 0 Å². The lowest BCUT2D eigenvalue weighted by molar-refractivity contribution is 0.724. The highest BCUT2D eigenvalue weighted by Gasteiger charge is 2.05. The molecule has 102 valence electrons. The average molecular weight is 275 g/mol. The first kappa shape index (κ1) is 11.8. The van der Waals surface area contributed by atoms with Crippen molar-refractivity contribution in [2.24, 2.45) is 0 Å². The normalized spacial score (nSPS) is 11.2. The van der Waals surface area contributed by atoms with Crippen molar-refractivity contribution in [1.29, 1.82) is 5.41 Å². The number of H-pyrrole nitrogens is 1. The van der Waals surface area contributed by atoms with Gasteiger partial charge in [-0.3, -0.25) is 5.41 Å². The summed E-state index contributed by atoms with van der Waals surface area (Å²) in [7, 11) is 0. The molecule has 2 heterocycles. The lowest BCUT2D eigenvalue weighted by atomic mass is 10.0. The quantitative estimate of drug-likeness (QED) is 0.590. The number of nitrogens with one attached hydrogen (secondary N) is 2. The van der Waals surface area contributed by atoms with Crippen LogP contribution in [0.1, 0.15) is 5.56 Å². The topological polar surface area (TPSA) is 70.3 Å². The van der Waals surface area contributed by atoms with Gasteiger partial charge in [0.2, 0.25) is 0 Å². The van der Waals surface area contributed by atoms with Crippen LogP contribution < -0.4 is 5.49 Å². The van der Waals surface area contributed by atoms with Crippen molar-refractivity contribution in [2.45, 2.75) is 6.54 Å². The van der Waals surface area contributed by atoms with Gasteiger partial charge in [0.1, 0.15) is 5.52 Å². The van der Waals surface area contributed by atoms with Crippen LogP contribution in [0, 0.1) is 5.41 Å². The first-order chi connectivity index (χ1) is 10.3. The van der Waals surface area contributed by atoms with Gasteiger partial charge in [-0.25, -0.2) is 9.97 Å². The van der Waals surface area contributed by atoms with Gasteiger partial charge in [-0.05, 0) is 16.3 Å². The van der Waals surface area contributed by atoms with E-state index in [-0.39, 0.29) is 0 Å². The summed E-state index contributed by atoms with van der Waals surface area (Å²) < 4.78 is 1.82. The van der Waals surface area contributed by atoms with Gasteiger partial charge in [-0.1, -0.05) is 42.5 Å². The summed E-state index contributed by atoms with van der Waals surface area (Å²) in [4.78, 5) is 11.3. The largest absolute Gasteiger partial charge is 0.340 e. The van der Waals surface area contributed by atoms with Crippen LogP contribution >= 0.6 is 0 Å². The number of imidazole rings is 1. The second kappa shape index (κ2) is 4.56. The zero-order valence-corrected chi connectivity index (χ0v) is 11.2. The van der Waals surface area contributed by atoms with Gasteiger partial charge in [0.15, 0.2) is 11.1 Å². The molecule has 0 amide bonds. The number of aromatic nitrogens is 4. The van der Waals surface area contributed by atoms with Gasteiger partial charge in [-0.2, -0.15) is 0 Å². The number of hydrogen-bond donors (Lipinski definition) is 2. The van der Waals surface area contributed by atoms with Crippen molar-refractivity contribution in [3.8, 4) is 0 Å². The summed E-state index contributed by atoms with van der Waals surface area (Å²) in [5.41, 5.74) is 2.81. The second-order valence-corrected chi connectivity index (χ2v) is 4.96. The molecule has 0 fully saturated rings. The van der Waals surface area contributed by atoms with E-state index in [9.17, 15) is 0 Å². The maximum atomic E-state index is 8.27. The number of benzene rings is 2. The number of hydrogen-bond acceptors (Lipinski definition) is 3. The van der Waals surface area contributed by atoms with Crippen molar-refractivity contribution >= 4 is 21.9 Å². The molecule has 0 aliphatic heterocycles. The number of aromatic amines is 1. The van der Waals surface area contributed by atoms with Crippen LogP contribution in [0.15, 0.2) is 55.1 Å². The zero-order valence-electron chi connectivity index (χ0n) is 11.2. The highest BCUT2D eigenvalue weighted by atomic mass is 15.1. The molecule has 0 atom stereocenters. The maximum Gasteiger partial charge on any atom is 0.182 e. The van der Waals surface area contributed by atoms with Crippen molar-refractivity contribution in [3.63, 3.8) is 0 Å². The SMILES string of the molecule is N=c1c2[nH]cnc2ncn1Cc1cccc2ccccc12. The molecule has 0 spiro atoms. The molecule has 21 heavy (non-hydrogen) atoms. The van der Waals surface area contributed by atoms with Crippen molar-refractivity contribution in [3.05, 3.63) is 66.2 Å². The Kier molecular flexibility index (Phi) is 2.57. The van der Waals surface area contributed by atoms with E-state index in [0.717, 1.165) is 0 Å². The fraction of sp³-hybridized carbons (Fsp3) is 0.0625. The highest BCUT2D eigenvalue weighted by Crippen LogP contribution is 2.19. The molecule has 0 aliphatic carbocycles. The van der Waals surface area contributed by atoms with Crippen molar-refractivity contribution in [1.82, 2.24) is 19.5 Å². The molecule has 0 unspecified atom stereocenters. The minimum Gasteiger partial charge on any atom is -0.340 e. The third kappa shape index (κ3) is 1.90. The number of fused-ring (bicyclic) bond motifs is 2. The molecule has 0 saturated carbocycles. The van der Waals surface area contributed by atoms with Gasteiger partial charge in [0.05, 0.1) is 19.2 Å². The predicted molar refractivity (Wildman–Crippen MR) is 80.8 cm³/mol. The van der Waals surface area contributed by atoms with Gasteiger partial charge in [0, 0.05) is 0 Å². The molecule has 5 heteroatoms. The van der Waals surface area contributed by atoms with E-state index < -0.39 is 0 Å². The molecule has 4 aromatic rings. The predicted octanol–water partition coefficient (Wildman–Crippen LogP) is 2.44. The van der Waals surface area contributed by atoms with Crippen LogP contribution in [0.25, 0.3) is 21.9 Å². The Morgan fingerprint density at radius 3 is 2.86 bits per heavy atom. The summed E-state index contributed by atoms with van der Waals surface area (Å²) in [6.45, 7) is 0.613. The van der Waals surface area contributed by atoms with E-state index in [2.05, 4.69) is 39.2 Å². The summed E-state index contributed by atoms with van der Waals surface area (Å²) in [5.74, 6) is 0. The zero-order chi connectivity index (χ0) is 14.2. The fourth-order valence-electron chi connectivity index (χ4n) is 2.62. The molecule has 5 nitrogen and oxygen atoms in total. The Balaban J connectivity index is 1.87. The smallest absolute Gasteiger partial charge is 0.182 e. The maximum absolute atomic E-state index is 8.27. The molecule has 2 aromatic heterocycles. The van der Waals surface area contributed by atoms with Crippen molar-refractivity contribution in [2.75, 3.05) is 0 Å². The second-order valence-electron chi connectivity index (χ2n) is 4.96. The van der Waals surface area contributed by atoms with E-state index in [4.69, 9.17) is 5.41 Å². The molecule has 0 aliphatic rings. The van der Waals surface area contributed by atoms with Gasteiger partial charge >= 0.3 is 0 Å². The molecule has 0 saturated heterocycles. The van der Waals surface area contributed by atoms with Crippen LogP contribution in [-0.4, -0.2) is 19.5 Å². The molecule has 4 rings (SSSR count). The van der Waals surface area contributed by atoms with E-state index in [1.165, 1.54) is 16.3 Å². The van der Waals surface area contributed by atoms with Crippen LogP contribution in [0.5, 0.6) is 0 Å². The Bertz CT molecular complexity index is 991. The van der Waals surface area contributed by atoms with Crippen LogP contribution in [0.4, 0.5) is 0 Å². The fourth-order valence-corrected chi connectivity index (χ4v) is 2.62. The third-order valence-electron chi connectivity index (χ3n) is 3.68. The Labute approximate surface area is 120 Å². The molecule has 2 aromatic carbocycles. The monoisotopic (exact) mass is 275 g/mol. The third-order valence-corrected chi connectivity index (χ3v) is 3.68. The summed E-state index contributed by atoms with van der Waals surface area (Å²) in [6, 6.07) is 14.5. The summed E-state index contributed by atoms with van der Waals surface area (Å²) >= 11 is 0. The standard InChI is InChI=1S/C16H13N5/c17-15-14-16(19-9-18-14)20-10-21(15)8-12-6-3-5-11-4-1-2-7-13(11)12/h1-7,9-10,17H,8H2,(H,18,19). The molecule has 0 bridgehead atoms. The first-order valence-electron chi connectivity index (χ1n) is 6.73. The van der Waals surface area contributed by atoms with Crippen LogP contribution in [0.3, 0.4) is 0 Å². The summed E-state index contributed by atoms with van der Waals surface area (Å²) in [5, 5.41) is 10.7. The van der Waals surface area contributed by atoms with Crippen LogP contribution in [0.2, 0.25) is 0 Å². The lowest BCUT2D eigenvalue weighted by Gasteiger charge is -2.09. The lowest BCUT2D eigenvalue weighted by Crippen LogP contribution is -2.21. The average Bonchev–Trinajstić information content (AvgIpc) is 3.00. The summed E-state index contributed by atoms with van der Waals surface area (Å²) in [6.07, 6.45) is 3.24. The van der Waals surface area contributed by atoms with E-state index in [0.29, 0.717) is 23.2 Å². The van der Waals surface area contributed by atoms with Gasteiger partial charge in [0.25, 0.3) is 0 Å². The molecule has 2 N–H and O–H groups in total. The number of nitrogens with zero attached hydrogens (tertiary/aromatic N) is 3. The Morgan fingerprint density at radius 2 is 1.90 bits per heavy atom. The van der Waals surface area contributed by atoms with E-state index >= 15 is 0 Å². The minimum atomic E-state index is 0.394. The Morgan fingerprint density at radius 1 is 1.05 bits per heavy atom. The molecular weight excluding hydrogens is 262 g/mol. The molecule has 0 radical (unpaired) electrons. The first-order valence-corrected chi connectivity index (χ1v) is 6.73. The highest BCUT2D eigenvalue weighted by molar-refractivity contribution is 5.85. The van der Waals surface area contributed by atoms with Crippen molar-refractivity contribution < 1.29 is 0 Å². The Hall–Kier alpha value is -2.95. The van der Waals surface area contributed by atoms with Crippen LogP contribution in [-0.2, 0) is 6.54 Å². The van der Waals surface area contributed by atoms with E-state index in [1.54, 1.807) is 12.7 Å². The van der Waals surface area contributed by atoms with Gasteiger partial charge < -0.3 is 9.55 Å². The minimum absolute atomic E-state index is 0.394. The van der Waals surface area contributed by atoms with E-state index in [1.807, 2.05) is 22.8 Å². The number of rotatable bonds is 2.